The largest absolute Gasteiger partial charge is 0.0876 e. The first kappa shape index (κ1) is 16.9. The minimum Gasteiger partial charge on any atom is -0.0876 e. The minimum absolute atomic E-state index is 0.167. The number of rotatable bonds is 1. The first-order valence-electron chi connectivity index (χ1n) is 6.23. The molecule has 1 aliphatic heterocycles. The lowest BCUT2D eigenvalue weighted by molar-refractivity contribution is 0.512. The van der Waals surface area contributed by atoms with Crippen molar-refractivity contribution in [1.82, 2.24) is 0 Å². The molecular weight excluding hydrogens is 299 g/mol. The molecule has 0 spiro atoms. The molecule has 5 heteroatoms. The quantitative estimate of drug-likeness (QED) is 0.468. The zero-order valence-electron chi connectivity index (χ0n) is 12.3. The molecule has 0 nitrogen and oxygen atoms in total. The molecule has 0 fully saturated rings. The maximum Gasteiger partial charge on any atom is 0.0815 e. The topological polar surface area (TPSA) is 0 Å². The average molecular weight is 327 g/mol. The third kappa shape index (κ3) is 4.44. The van der Waals surface area contributed by atoms with Gasteiger partial charge in [-0.05, 0) is 51.1 Å². The van der Waals surface area contributed by atoms with Crippen LogP contribution in [0.3, 0.4) is 0 Å². The van der Waals surface area contributed by atoms with Crippen LogP contribution in [0.1, 0.15) is 13.8 Å². The van der Waals surface area contributed by atoms with Crippen LogP contribution in [0.25, 0.3) is 0 Å². The van der Waals surface area contributed by atoms with Crippen LogP contribution < -0.4 is 0 Å². The first-order valence-corrected chi connectivity index (χ1v) is 18.5. The maximum atomic E-state index is 2.63. The van der Waals surface area contributed by atoms with Gasteiger partial charge in [-0.2, -0.15) is 0 Å². The summed E-state index contributed by atoms with van der Waals surface area (Å²) in [5.41, 5.74) is 0. The van der Waals surface area contributed by atoms with Crippen molar-refractivity contribution in [1.29, 1.82) is 0 Å². The molecule has 0 aliphatic carbocycles. The van der Waals surface area contributed by atoms with Gasteiger partial charge in [0.15, 0.2) is 0 Å². The summed E-state index contributed by atoms with van der Waals surface area (Å²) in [6.07, 6.45) is 4.05. The van der Waals surface area contributed by atoms with Crippen molar-refractivity contribution in [2.45, 2.75) is 13.8 Å². The molecule has 0 radical (unpaired) electrons. The Morgan fingerprint density at radius 2 is 1.82 bits per heavy atom. The first-order chi connectivity index (χ1) is 7.76. The van der Waals surface area contributed by atoms with Crippen molar-refractivity contribution in [3.63, 3.8) is 0 Å². The monoisotopic (exact) mass is 327 g/mol. The third-order valence-electron chi connectivity index (χ3n) is 3.88. The number of hydrogen-bond acceptors (Lipinski definition) is 0. The van der Waals surface area contributed by atoms with E-state index in [9.17, 15) is 0 Å². The summed E-state index contributed by atoms with van der Waals surface area (Å²) in [4.78, 5) is 0. The Bertz CT molecular complexity index is 274. The van der Waals surface area contributed by atoms with Crippen LogP contribution in [0.5, 0.6) is 0 Å². The summed E-state index contributed by atoms with van der Waals surface area (Å²) in [6, 6.07) is 0. The predicted octanol–water partition coefficient (Wildman–Crippen LogP) is 6.74. The van der Waals surface area contributed by atoms with Gasteiger partial charge in [0.05, 0.1) is 34.9 Å². The predicted molar refractivity (Wildman–Crippen MR) is 98.0 cm³/mol. The molecule has 0 saturated heterocycles. The summed E-state index contributed by atoms with van der Waals surface area (Å²) in [6.45, 7) is 17.1. The van der Waals surface area contributed by atoms with Gasteiger partial charge in [-0.3, -0.25) is 0 Å². The van der Waals surface area contributed by atoms with E-state index >= 15 is 0 Å². The zero-order chi connectivity index (χ0) is 13.2. The molecule has 0 N–H and O–H groups in total. The van der Waals surface area contributed by atoms with Crippen molar-refractivity contribution < 1.29 is 0 Å². The SMILES string of the molecule is CC(C)C1C=CP(C)[P+](C)(C)P(C)P(C)PC1. The van der Waals surface area contributed by atoms with Crippen LogP contribution in [0, 0.1) is 11.8 Å². The van der Waals surface area contributed by atoms with E-state index < -0.39 is 6.64 Å². The Labute approximate surface area is 114 Å². The van der Waals surface area contributed by atoms with Gasteiger partial charge in [0.1, 0.15) is 0 Å². The third-order valence-corrected chi connectivity index (χ3v) is 41.4. The molecule has 1 heterocycles. The summed E-state index contributed by atoms with van der Waals surface area (Å²) in [5.74, 6) is 4.31. The lowest BCUT2D eigenvalue weighted by Gasteiger charge is -2.31. The van der Waals surface area contributed by atoms with Crippen molar-refractivity contribution in [3.8, 4) is 0 Å². The highest BCUT2D eigenvalue weighted by molar-refractivity contribution is 8.88. The molecular formula is C12H28P5+. The van der Waals surface area contributed by atoms with E-state index in [2.05, 4.69) is 59.1 Å². The van der Waals surface area contributed by atoms with E-state index in [4.69, 9.17) is 0 Å². The number of hydrogen-bond donors (Lipinski definition) is 0. The van der Waals surface area contributed by atoms with Crippen LogP contribution in [0.2, 0.25) is 0 Å². The molecule has 0 amide bonds. The zero-order valence-corrected chi connectivity index (χ0v) is 16.9. The Kier molecular flexibility index (Phi) is 7.03. The van der Waals surface area contributed by atoms with Gasteiger partial charge >= 0.3 is 0 Å². The standard InChI is InChI=1S/C12H28P5/c1-11(2)12-8-9-14(3)17(6,7)16(5)15(4)13-10-12/h8-9,11-13H,10H2,1-7H3/q+1. The highest BCUT2D eigenvalue weighted by atomic mass is 32.8. The van der Waals surface area contributed by atoms with Gasteiger partial charge in [-0.25, -0.2) is 0 Å². The summed E-state index contributed by atoms with van der Waals surface area (Å²) in [5, 5.41) is 0. The summed E-state index contributed by atoms with van der Waals surface area (Å²) >= 11 is 0. The second kappa shape index (κ2) is 7.06. The highest BCUT2D eigenvalue weighted by Crippen LogP contribution is 3.05. The Hall–Kier alpha value is 1.89. The van der Waals surface area contributed by atoms with E-state index in [1.807, 2.05) is 0 Å². The lowest BCUT2D eigenvalue weighted by atomic mass is 9.98. The van der Waals surface area contributed by atoms with E-state index in [1.54, 1.807) is 0 Å². The van der Waals surface area contributed by atoms with Crippen LogP contribution in [-0.2, 0) is 0 Å². The van der Waals surface area contributed by atoms with E-state index in [0.29, 0.717) is 14.6 Å². The maximum absolute atomic E-state index is 2.63. The van der Waals surface area contributed by atoms with Crippen molar-refractivity contribution in [3.05, 3.63) is 11.9 Å². The van der Waals surface area contributed by atoms with Gasteiger partial charge in [0.25, 0.3) is 0 Å². The molecule has 0 aromatic carbocycles. The fraction of sp³-hybridized carbons (Fsp3) is 0.833. The van der Waals surface area contributed by atoms with Gasteiger partial charge < -0.3 is 0 Å². The molecule has 100 valence electrons. The van der Waals surface area contributed by atoms with Gasteiger partial charge in [0, 0.05) is 0 Å². The lowest BCUT2D eigenvalue weighted by Crippen LogP contribution is -2.07. The average Bonchev–Trinajstić information content (AvgIpc) is 2.28. The molecule has 0 aromatic rings. The molecule has 0 bridgehead atoms. The second-order valence-electron chi connectivity index (χ2n) is 5.54. The van der Waals surface area contributed by atoms with Crippen molar-refractivity contribution >= 4 is 37.1 Å². The van der Waals surface area contributed by atoms with Crippen LogP contribution in [0.15, 0.2) is 11.9 Å². The van der Waals surface area contributed by atoms with E-state index in [1.165, 1.54) is 14.4 Å². The minimum atomic E-state index is -0.652. The molecule has 1 aliphatic rings. The molecule has 17 heavy (non-hydrogen) atoms. The molecule has 0 aromatic heterocycles. The fourth-order valence-corrected chi connectivity index (χ4v) is 40.5. The van der Waals surface area contributed by atoms with Crippen LogP contribution >= 0.6 is 37.1 Å². The molecule has 1 rings (SSSR count). The second-order valence-corrected chi connectivity index (χ2v) is 31.7. The molecule has 5 atom stereocenters. The molecule has 5 unspecified atom stereocenters. The van der Waals surface area contributed by atoms with Crippen molar-refractivity contribution in [2.24, 2.45) is 11.8 Å². The highest BCUT2D eigenvalue weighted by Gasteiger charge is 2.42. The summed E-state index contributed by atoms with van der Waals surface area (Å²) < 4.78 is 0. The van der Waals surface area contributed by atoms with Gasteiger partial charge in [-0.1, -0.05) is 28.2 Å². The smallest absolute Gasteiger partial charge is 0.0815 e. The normalized spacial score (nSPS) is 40.0. The van der Waals surface area contributed by atoms with E-state index in [0.717, 1.165) is 11.8 Å². The van der Waals surface area contributed by atoms with Gasteiger partial charge in [0.2, 0.25) is 0 Å². The van der Waals surface area contributed by atoms with E-state index in [-0.39, 0.29) is 7.61 Å². The number of allylic oxidation sites excluding steroid dienone is 1. The van der Waals surface area contributed by atoms with Crippen LogP contribution in [0.4, 0.5) is 0 Å². The Morgan fingerprint density at radius 1 is 1.24 bits per heavy atom. The van der Waals surface area contributed by atoms with Crippen molar-refractivity contribution in [2.75, 3.05) is 39.5 Å². The Balaban J connectivity index is 2.94. The van der Waals surface area contributed by atoms with Gasteiger partial charge in [-0.15, -0.1) is 0 Å². The van der Waals surface area contributed by atoms with Crippen LogP contribution in [-0.4, -0.2) is 39.5 Å². The Morgan fingerprint density at radius 3 is 2.35 bits per heavy atom. The molecule has 0 saturated carbocycles. The fourth-order valence-electron chi connectivity index (χ4n) is 1.80. The summed E-state index contributed by atoms with van der Waals surface area (Å²) in [7, 11) is 2.09.